The summed E-state index contributed by atoms with van der Waals surface area (Å²) in [5.74, 6) is -0.0688. The predicted molar refractivity (Wildman–Crippen MR) is 114 cm³/mol. The molecular formula is C19H27N5O6S. The number of hydrogen-bond acceptors (Lipinski definition) is 7. The molecular weight excluding hydrogens is 426 g/mol. The van der Waals surface area contributed by atoms with E-state index in [1.54, 1.807) is 13.8 Å². The van der Waals surface area contributed by atoms with Crippen molar-refractivity contribution in [2.75, 3.05) is 18.4 Å². The highest BCUT2D eigenvalue weighted by Crippen LogP contribution is 2.30. The summed E-state index contributed by atoms with van der Waals surface area (Å²) in [6, 6.07) is 4.34. The van der Waals surface area contributed by atoms with Crippen LogP contribution in [-0.2, 0) is 21.4 Å². The van der Waals surface area contributed by atoms with Crippen molar-refractivity contribution >= 4 is 27.3 Å². The minimum atomic E-state index is -3.72. The van der Waals surface area contributed by atoms with Gasteiger partial charge in [0.15, 0.2) is 0 Å². The van der Waals surface area contributed by atoms with Crippen molar-refractivity contribution in [3.05, 3.63) is 40.7 Å². The molecule has 0 radical (unpaired) electrons. The summed E-state index contributed by atoms with van der Waals surface area (Å²) in [4.78, 5) is 22.7. The Bertz CT molecular complexity index is 1030. The molecule has 0 spiro atoms. The van der Waals surface area contributed by atoms with E-state index >= 15 is 0 Å². The molecule has 0 bridgehead atoms. The summed E-state index contributed by atoms with van der Waals surface area (Å²) in [5, 5.41) is 17.3. The maximum absolute atomic E-state index is 12.8. The van der Waals surface area contributed by atoms with Crippen molar-refractivity contribution < 1.29 is 22.9 Å². The van der Waals surface area contributed by atoms with Crippen molar-refractivity contribution in [1.82, 2.24) is 14.1 Å². The fraction of sp³-hybridized carbons (Fsp3) is 0.474. The van der Waals surface area contributed by atoms with Gasteiger partial charge in [0.1, 0.15) is 18.1 Å². The first-order valence-corrected chi connectivity index (χ1v) is 11.3. The standard InChI is InChI=1S/C19H27N5O6S/c1-5-23(6-2)31(28,29)16-7-8-18(30-14(3)4)17(11-16)21-19(25)9-10-22-13-15(12-20-22)24(26)27/h7-8,11-14H,5-6,9-10H2,1-4H3,(H,21,25). The number of anilines is 1. The van der Waals surface area contributed by atoms with Crippen molar-refractivity contribution in [2.24, 2.45) is 0 Å². The molecule has 1 heterocycles. The van der Waals surface area contributed by atoms with Crippen molar-refractivity contribution in [3.8, 4) is 5.75 Å². The number of sulfonamides is 1. The zero-order valence-corrected chi connectivity index (χ0v) is 18.8. The molecule has 0 atom stereocenters. The molecule has 2 rings (SSSR count). The zero-order valence-electron chi connectivity index (χ0n) is 17.9. The molecule has 0 aliphatic carbocycles. The smallest absolute Gasteiger partial charge is 0.306 e. The maximum atomic E-state index is 12.8. The van der Waals surface area contributed by atoms with E-state index in [2.05, 4.69) is 10.4 Å². The van der Waals surface area contributed by atoms with Crippen LogP contribution in [0.25, 0.3) is 0 Å². The lowest BCUT2D eigenvalue weighted by atomic mass is 10.2. The molecule has 12 heteroatoms. The number of carbonyl (C=O) groups excluding carboxylic acids is 1. The Balaban J connectivity index is 2.22. The number of aryl methyl sites for hydroxylation is 1. The Morgan fingerprint density at radius 1 is 1.32 bits per heavy atom. The van der Waals surface area contributed by atoms with Gasteiger partial charge in [0, 0.05) is 26.1 Å². The van der Waals surface area contributed by atoms with Crippen LogP contribution in [0.2, 0.25) is 0 Å². The molecule has 1 aromatic carbocycles. The molecule has 0 fully saturated rings. The number of nitrogens with one attached hydrogen (secondary N) is 1. The van der Waals surface area contributed by atoms with Crippen LogP contribution < -0.4 is 10.1 Å². The second-order valence-electron chi connectivity index (χ2n) is 6.93. The summed E-state index contributed by atoms with van der Waals surface area (Å²) in [6.45, 7) is 7.89. The first kappa shape index (κ1) is 24.3. The Labute approximate surface area is 181 Å². The van der Waals surface area contributed by atoms with Crippen LogP contribution in [0, 0.1) is 10.1 Å². The zero-order chi connectivity index (χ0) is 23.2. The number of hydrogen-bond donors (Lipinski definition) is 1. The van der Waals surface area contributed by atoms with Gasteiger partial charge in [0.25, 0.3) is 0 Å². The van der Waals surface area contributed by atoms with Gasteiger partial charge in [0.05, 0.1) is 21.6 Å². The highest BCUT2D eigenvalue weighted by molar-refractivity contribution is 7.89. The molecule has 170 valence electrons. The quantitative estimate of drug-likeness (QED) is 0.408. The molecule has 0 saturated heterocycles. The van der Waals surface area contributed by atoms with Crippen LogP contribution in [0.15, 0.2) is 35.5 Å². The van der Waals surface area contributed by atoms with E-state index in [0.717, 1.165) is 6.20 Å². The van der Waals surface area contributed by atoms with E-state index in [9.17, 15) is 23.3 Å². The minimum absolute atomic E-state index is 0.0209. The van der Waals surface area contributed by atoms with Crippen LogP contribution in [0.1, 0.15) is 34.1 Å². The van der Waals surface area contributed by atoms with Crippen LogP contribution in [0.4, 0.5) is 11.4 Å². The number of nitro groups is 1. The molecule has 1 amide bonds. The fourth-order valence-corrected chi connectivity index (χ4v) is 4.32. The van der Waals surface area contributed by atoms with E-state index in [4.69, 9.17) is 4.74 Å². The van der Waals surface area contributed by atoms with Gasteiger partial charge >= 0.3 is 5.69 Å². The lowest BCUT2D eigenvalue weighted by Gasteiger charge is -2.20. The maximum Gasteiger partial charge on any atom is 0.306 e. The molecule has 2 aromatic rings. The normalized spacial score (nSPS) is 11.7. The monoisotopic (exact) mass is 453 g/mol. The van der Waals surface area contributed by atoms with E-state index in [1.165, 1.54) is 33.4 Å². The number of aromatic nitrogens is 2. The number of carbonyl (C=O) groups is 1. The van der Waals surface area contributed by atoms with Crippen molar-refractivity contribution in [3.63, 3.8) is 0 Å². The molecule has 31 heavy (non-hydrogen) atoms. The van der Waals surface area contributed by atoms with E-state index in [0.29, 0.717) is 18.8 Å². The molecule has 0 aliphatic rings. The average molecular weight is 454 g/mol. The fourth-order valence-electron chi connectivity index (χ4n) is 2.83. The molecule has 0 aliphatic heterocycles. The molecule has 1 N–H and O–H groups in total. The minimum Gasteiger partial charge on any atom is -0.489 e. The van der Waals surface area contributed by atoms with Gasteiger partial charge < -0.3 is 10.1 Å². The van der Waals surface area contributed by atoms with Crippen LogP contribution in [-0.4, -0.2) is 52.5 Å². The third-order valence-electron chi connectivity index (χ3n) is 4.33. The second-order valence-corrected chi connectivity index (χ2v) is 8.87. The summed E-state index contributed by atoms with van der Waals surface area (Å²) in [5.41, 5.74) is 0.0701. The first-order chi connectivity index (χ1) is 14.6. The van der Waals surface area contributed by atoms with Gasteiger partial charge in [-0.15, -0.1) is 0 Å². The van der Waals surface area contributed by atoms with E-state index in [-0.39, 0.29) is 35.3 Å². The second kappa shape index (κ2) is 10.4. The summed E-state index contributed by atoms with van der Waals surface area (Å²) >= 11 is 0. The molecule has 1 aromatic heterocycles. The molecule has 11 nitrogen and oxygen atoms in total. The van der Waals surface area contributed by atoms with Gasteiger partial charge in [-0.3, -0.25) is 19.6 Å². The van der Waals surface area contributed by atoms with E-state index < -0.39 is 20.9 Å². The lowest BCUT2D eigenvalue weighted by molar-refractivity contribution is -0.385. The van der Waals surface area contributed by atoms with Gasteiger partial charge in [-0.25, -0.2) is 8.42 Å². The highest BCUT2D eigenvalue weighted by Gasteiger charge is 2.23. The van der Waals surface area contributed by atoms with Gasteiger partial charge in [0.2, 0.25) is 15.9 Å². The third-order valence-corrected chi connectivity index (χ3v) is 6.38. The van der Waals surface area contributed by atoms with Crippen molar-refractivity contribution in [1.29, 1.82) is 0 Å². The van der Waals surface area contributed by atoms with Crippen LogP contribution in [0.5, 0.6) is 5.75 Å². The van der Waals surface area contributed by atoms with E-state index in [1.807, 2.05) is 13.8 Å². The first-order valence-electron chi connectivity index (χ1n) is 9.86. The molecule has 0 saturated carbocycles. The Morgan fingerprint density at radius 2 is 2.00 bits per heavy atom. The third kappa shape index (κ3) is 6.25. The summed E-state index contributed by atoms with van der Waals surface area (Å²) in [6.07, 6.45) is 2.13. The van der Waals surface area contributed by atoms with Crippen LogP contribution >= 0.6 is 0 Å². The van der Waals surface area contributed by atoms with Crippen LogP contribution in [0.3, 0.4) is 0 Å². The number of nitrogens with zero attached hydrogens (tertiary/aromatic N) is 4. The Hall–Kier alpha value is -2.99. The summed E-state index contributed by atoms with van der Waals surface area (Å²) in [7, 11) is -3.72. The SMILES string of the molecule is CCN(CC)S(=O)(=O)c1ccc(OC(C)C)c(NC(=O)CCn2cc([N+](=O)[O-])cn2)c1. The predicted octanol–water partition coefficient (Wildman–Crippen LogP) is 2.64. The molecule has 0 unspecified atom stereocenters. The topological polar surface area (TPSA) is 137 Å². The number of amides is 1. The number of rotatable bonds is 11. The van der Waals surface area contributed by atoms with Crippen molar-refractivity contribution in [2.45, 2.75) is 51.7 Å². The Morgan fingerprint density at radius 3 is 2.55 bits per heavy atom. The largest absolute Gasteiger partial charge is 0.489 e. The summed E-state index contributed by atoms with van der Waals surface area (Å²) < 4.78 is 34.0. The number of benzene rings is 1. The number of ether oxygens (including phenoxy) is 1. The average Bonchev–Trinajstić information content (AvgIpc) is 3.17. The van der Waals surface area contributed by atoms with Gasteiger partial charge in [-0.2, -0.15) is 9.40 Å². The highest BCUT2D eigenvalue weighted by atomic mass is 32.2. The Kier molecular flexibility index (Phi) is 8.11. The lowest BCUT2D eigenvalue weighted by Crippen LogP contribution is -2.30. The van der Waals surface area contributed by atoms with Gasteiger partial charge in [-0.05, 0) is 32.0 Å². The van der Waals surface area contributed by atoms with Gasteiger partial charge in [-0.1, -0.05) is 13.8 Å².